The van der Waals surface area contributed by atoms with Crippen molar-refractivity contribution in [1.29, 1.82) is 0 Å². The van der Waals surface area contributed by atoms with Crippen LogP contribution in [0.25, 0.3) is 33.5 Å². The molecule has 7 rings (SSSR count). The lowest BCUT2D eigenvalue weighted by Gasteiger charge is -2.19. The summed E-state index contributed by atoms with van der Waals surface area (Å²) in [5, 5.41) is 16.8. The van der Waals surface area contributed by atoms with E-state index in [0.717, 1.165) is 22.3 Å². The lowest BCUT2D eigenvalue weighted by atomic mass is 9.98. The number of aromatic nitrogens is 6. The minimum Gasteiger partial charge on any atom is -0.465 e. The second-order valence-electron chi connectivity index (χ2n) is 11.9. The fraction of sp³-hybridized carbons (Fsp3) is 0.343. The highest BCUT2D eigenvalue weighted by Crippen LogP contribution is 2.33. The van der Waals surface area contributed by atoms with Crippen LogP contribution in [0.3, 0.4) is 0 Å². The molecule has 2 saturated heterocycles. The van der Waals surface area contributed by atoms with Gasteiger partial charge >= 0.3 is 18.2 Å². The van der Waals surface area contributed by atoms with Crippen molar-refractivity contribution in [3.8, 4) is 28.5 Å². The number of fused-ring (bicyclic) bond motifs is 2. The number of aromatic amines is 1. The number of nitrogens with zero attached hydrogens (tertiary/aromatic N) is 5. The topological polar surface area (TPSA) is 200 Å². The average Bonchev–Trinajstić information content (AvgIpc) is 3.96. The maximum Gasteiger partial charge on any atom is 0.511 e. The smallest absolute Gasteiger partial charge is 0.465 e. The lowest BCUT2D eigenvalue weighted by Crippen LogP contribution is -2.37. The monoisotopic (exact) mass is 713 g/mol. The Kier molecular flexibility index (Phi) is 9.94. The van der Waals surface area contributed by atoms with E-state index in [4.69, 9.17) is 33.2 Å². The number of carbonyl (C=O) groups excluding carboxylic acids is 3. The van der Waals surface area contributed by atoms with Gasteiger partial charge in [-0.25, -0.2) is 14.4 Å². The van der Waals surface area contributed by atoms with Crippen molar-refractivity contribution in [1.82, 2.24) is 35.5 Å². The molecule has 0 saturated carbocycles. The fourth-order valence-corrected chi connectivity index (χ4v) is 6.25. The first-order valence-corrected chi connectivity index (χ1v) is 16.6. The van der Waals surface area contributed by atoms with Crippen LogP contribution in [0.5, 0.6) is 6.01 Å². The van der Waals surface area contributed by atoms with E-state index in [1.165, 1.54) is 14.0 Å². The lowest BCUT2D eigenvalue weighted by molar-refractivity contribution is -0.0987. The van der Waals surface area contributed by atoms with Crippen LogP contribution in [-0.4, -0.2) is 106 Å². The molecule has 270 valence electrons. The number of imidazole rings is 1. The van der Waals surface area contributed by atoms with Crippen LogP contribution >= 0.6 is 0 Å². The van der Waals surface area contributed by atoms with E-state index in [-0.39, 0.29) is 18.8 Å². The number of esters is 1. The Labute approximate surface area is 296 Å². The van der Waals surface area contributed by atoms with E-state index in [2.05, 4.69) is 30.9 Å². The van der Waals surface area contributed by atoms with E-state index in [9.17, 15) is 14.4 Å². The summed E-state index contributed by atoms with van der Waals surface area (Å²) in [6, 6.07) is 21.1. The van der Waals surface area contributed by atoms with Gasteiger partial charge in [-0.15, -0.1) is 10.2 Å². The first kappa shape index (κ1) is 34.4. The summed E-state index contributed by atoms with van der Waals surface area (Å²) in [6.07, 6.45) is -5.74. The van der Waals surface area contributed by atoms with Gasteiger partial charge in [0.15, 0.2) is 12.2 Å². The highest BCUT2D eigenvalue weighted by atomic mass is 16.8. The molecule has 2 aliphatic heterocycles. The van der Waals surface area contributed by atoms with Gasteiger partial charge in [-0.1, -0.05) is 54.6 Å². The highest BCUT2D eigenvalue weighted by molar-refractivity contribution is 6.02. The van der Waals surface area contributed by atoms with Crippen LogP contribution in [0, 0.1) is 0 Å². The molecule has 1 amide bonds. The molecule has 0 spiro atoms. The molecule has 5 atom stereocenters. The summed E-state index contributed by atoms with van der Waals surface area (Å²) in [6.45, 7) is 4.01. The zero-order chi connectivity index (χ0) is 36.2. The molecule has 0 aliphatic carbocycles. The average molecular weight is 714 g/mol. The van der Waals surface area contributed by atoms with Crippen molar-refractivity contribution in [2.45, 2.75) is 51.1 Å². The highest BCUT2D eigenvalue weighted by Gasteiger charge is 2.51. The van der Waals surface area contributed by atoms with Crippen molar-refractivity contribution in [2.75, 3.05) is 26.9 Å². The zero-order valence-corrected chi connectivity index (χ0v) is 28.4. The van der Waals surface area contributed by atoms with Crippen LogP contribution in [0.1, 0.15) is 29.8 Å². The van der Waals surface area contributed by atoms with Crippen molar-refractivity contribution < 1.29 is 47.5 Å². The second-order valence-corrected chi connectivity index (χ2v) is 11.9. The van der Waals surface area contributed by atoms with Gasteiger partial charge in [-0.2, -0.15) is 10.2 Å². The number of carbonyl (C=O) groups is 3. The number of H-pyrrole nitrogens is 1. The Bertz CT molecular complexity index is 2050. The van der Waals surface area contributed by atoms with Gasteiger partial charge in [0, 0.05) is 19.5 Å². The number of alkyl carbamates (subject to hydrolysis) is 1. The van der Waals surface area contributed by atoms with E-state index in [1.807, 2.05) is 55.5 Å². The Morgan fingerprint density at radius 1 is 0.942 bits per heavy atom. The number of benzene rings is 3. The molecular weight excluding hydrogens is 678 g/mol. The third kappa shape index (κ3) is 7.08. The maximum absolute atomic E-state index is 13.6. The molecule has 4 heterocycles. The quantitative estimate of drug-likeness (QED) is 0.113. The van der Waals surface area contributed by atoms with Gasteiger partial charge in [0.2, 0.25) is 12.1 Å². The molecule has 2 aromatic heterocycles. The molecule has 2 aliphatic rings. The maximum atomic E-state index is 13.6. The summed E-state index contributed by atoms with van der Waals surface area (Å²) in [4.78, 5) is 42.5. The van der Waals surface area contributed by atoms with Gasteiger partial charge in [-0.3, -0.25) is 4.57 Å². The van der Waals surface area contributed by atoms with Crippen LogP contribution in [0.15, 0.2) is 66.7 Å². The molecule has 17 nitrogen and oxygen atoms in total. The molecule has 17 heteroatoms. The number of hydrogen-bond donors (Lipinski definition) is 2. The first-order chi connectivity index (χ1) is 25.3. The van der Waals surface area contributed by atoms with Gasteiger partial charge in [0.05, 0.1) is 43.0 Å². The normalized spacial score (nSPS) is 19.8. The number of ether oxygens (including phenoxy) is 7. The van der Waals surface area contributed by atoms with Gasteiger partial charge in [0.1, 0.15) is 12.2 Å². The third-order valence-electron chi connectivity index (χ3n) is 8.55. The Morgan fingerprint density at radius 3 is 2.37 bits per heavy atom. The summed E-state index contributed by atoms with van der Waals surface area (Å²) in [7, 11) is 1.44. The van der Waals surface area contributed by atoms with Crippen molar-refractivity contribution >= 4 is 29.3 Å². The number of tetrazole rings is 1. The molecule has 2 N–H and O–H groups in total. The second kappa shape index (κ2) is 15.0. The summed E-state index contributed by atoms with van der Waals surface area (Å²) < 4.78 is 40.5. The van der Waals surface area contributed by atoms with E-state index >= 15 is 0 Å². The molecule has 0 bridgehead atoms. The molecule has 0 radical (unpaired) electrons. The number of rotatable bonds is 11. The minimum atomic E-state index is -1.31. The number of para-hydroxylation sites is 1. The molecule has 5 aromatic rings. The van der Waals surface area contributed by atoms with Gasteiger partial charge < -0.3 is 38.5 Å². The Morgan fingerprint density at radius 2 is 1.67 bits per heavy atom. The van der Waals surface area contributed by atoms with Gasteiger partial charge in [-0.05, 0) is 41.0 Å². The molecule has 1 unspecified atom stereocenters. The number of nitrogens with one attached hydrogen (secondary N) is 2. The Balaban J connectivity index is 1.04. The third-order valence-corrected chi connectivity index (χ3v) is 8.55. The van der Waals surface area contributed by atoms with Crippen LogP contribution in [0.4, 0.5) is 9.59 Å². The van der Waals surface area contributed by atoms with Crippen LogP contribution < -0.4 is 10.1 Å². The van der Waals surface area contributed by atoms with Crippen LogP contribution in [-0.2, 0) is 35.0 Å². The predicted molar refractivity (Wildman–Crippen MR) is 180 cm³/mol. The summed E-state index contributed by atoms with van der Waals surface area (Å²) in [5.41, 5.74) is 4.85. The molecule has 52 heavy (non-hydrogen) atoms. The molecule has 2 fully saturated rings. The summed E-state index contributed by atoms with van der Waals surface area (Å²) in [5.74, 6) is -0.257. The number of hydrogen-bond acceptors (Lipinski definition) is 14. The Hall–Kier alpha value is -6.07. The van der Waals surface area contributed by atoms with E-state index in [1.54, 1.807) is 22.8 Å². The first-order valence-electron chi connectivity index (χ1n) is 16.6. The van der Waals surface area contributed by atoms with E-state index in [0.29, 0.717) is 36.0 Å². The van der Waals surface area contributed by atoms with E-state index < -0.39 is 48.9 Å². The zero-order valence-electron chi connectivity index (χ0n) is 28.4. The van der Waals surface area contributed by atoms with Crippen LogP contribution in [0.2, 0.25) is 0 Å². The predicted octanol–water partition coefficient (Wildman–Crippen LogP) is 3.88. The van der Waals surface area contributed by atoms with Gasteiger partial charge in [0.25, 0.3) is 6.01 Å². The van der Waals surface area contributed by atoms with Crippen molar-refractivity contribution in [3.63, 3.8) is 0 Å². The largest absolute Gasteiger partial charge is 0.511 e. The fourth-order valence-electron chi connectivity index (χ4n) is 6.25. The van der Waals surface area contributed by atoms with Crippen molar-refractivity contribution in [2.24, 2.45) is 0 Å². The molecular formula is C35H35N7O10. The molecule has 3 aromatic carbocycles. The number of amides is 1. The minimum absolute atomic E-state index is 0.0106. The standard InChI is InChI=1S/C35H35N7O10/c1-4-46-33-37-25-11-7-10-24(32(43)49-19(2)50-35(45)52-27-18-48-29-26(17-47-30(27)29)51-34(44)36-3)28(25)42(33)16-20-12-14-21(15-13-20)22-8-5-6-9-23(22)31-38-40-41-39-31/h5-15,19,26-27,29-30H,4,16-18H2,1-3H3,(H,36,44)(H,38,39,40,41)/t19?,26-,27-,29-,30-/m1/s1. The SMILES string of the molecule is CCOc1nc2cccc(C(=O)OC(C)OC(=O)O[C@@H]3CO[C@H]4[C@@H]3OC[C@H]4OC(=O)NC)c2n1Cc1ccc(-c2ccccc2-c2nn[nH]n2)cc1. The summed E-state index contributed by atoms with van der Waals surface area (Å²) >= 11 is 0. The van der Waals surface area contributed by atoms with Crippen molar-refractivity contribution in [3.05, 3.63) is 77.9 Å².